The lowest BCUT2D eigenvalue weighted by molar-refractivity contribution is 0.170. The van der Waals surface area contributed by atoms with Crippen LogP contribution in [0.3, 0.4) is 0 Å². The summed E-state index contributed by atoms with van der Waals surface area (Å²) in [6.07, 6.45) is 2.00. The molecule has 1 unspecified atom stereocenters. The van der Waals surface area contributed by atoms with Crippen LogP contribution in [0.5, 0.6) is 0 Å². The van der Waals surface area contributed by atoms with Gasteiger partial charge in [-0.15, -0.1) is 11.8 Å². The lowest BCUT2D eigenvalue weighted by Gasteiger charge is -2.06. The third kappa shape index (κ3) is 5.58. The first-order valence-electron chi connectivity index (χ1n) is 5.89. The summed E-state index contributed by atoms with van der Waals surface area (Å²) in [5, 5.41) is 9.72. The minimum Gasteiger partial charge on any atom is -0.392 e. The van der Waals surface area contributed by atoms with Crippen LogP contribution in [0.25, 0.3) is 0 Å². The van der Waals surface area contributed by atoms with E-state index in [4.69, 9.17) is 0 Å². The van der Waals surface area contributed by atoms with Gasteiger partial charge in [0.2, 0.25) is 0 Å². The first-order valence-corrected chi connectivity index (χ1v) is 5.89. The van der Waals surface area contributed by atoms with Crippen molar-refractivity contribution < 1.29 is 5.11 Å². The normalized spacial score (nSPS) is 12.0. The summed E-state index contributed by atoms with van der Waals surface area (Å²) in [4.78, 5) is 0. The third-order valence-electron chi connectivity index (χ3n) is 2.34. The minimum atomic E-state index is -0.300. The third-order valence-corrected chi connectivity index (χ3v) is 2.34. The van der Waals surface area contributed by atoms with Gasteiger partial charge >= 0.3 is 0 Å². The Balaban J connectivity index is 2.26. The van der Waals surface area contributed by atoms with Crippen LogP contribution in [-0.2, 0) is 6.42 Å². The summed E-state index contributed by atoms with van der Waals surface area (Å²) in [6, 6.07) is 10.2. The molecule has 1 atom stereocenters. The molecule has 0 saturated carbocycles. The Morgan fingerprint density at radius 2 is 1.88 bits per heavy atom. The average Bonchev–Trinajstić information content (AvgIpc) is 2.27. The standard InChI is InChI=1S/C15H20O/c1-13(2)7-6-10-15(16)12-11-14-8-4-3-5-9-14/h3-5,8-9,13,15-16H,10-12H2,1-2H3. The second kappa shape index (κ2) is 7.09. The molecule has 1 nitrogen and oxygen atoms in total. The van der Waals surface area contributed by atoms with Gasteiger partial charge in [-0.25, -0.2) is 0 Å². The van der Waals surface area contributed by atoms with Crippen LogP contribution >= 0.6 is 0 Å². The fourth-order valence-electron chi connectivity index (χ4n) is 1.46. The van der Waals surface area contributed by atoms with E-state index >= 15 is 0 Å². The quantitative estimate of drug-likeness (QED) is 0.767. The van der Waals surface area contributed by atoms with Gasteiger partial charge in [-0.2, -0.15) is 0 Å². The molecular formula is C15H20O. The molecule has 0 aliphatic heterocycles. The lowest BCUT2D eigenvalue weighted by atomic mass is 10.1. The molecule has 0 radical (unpaired) electrons. The average molecular weight is 216 g/mol. The molecule has 0 fully saturated rings. The number of hydrogen-bond donors (Lipinski definition) is 1. The second-order valence-electron chi connectivity index (χ2n) is 4.36. The molecule has 0 aliphatic carbocycles. The van der Waals surface area contributed by atoms with E-state index in [1.807, 2.05) is 18.2 Å². The second-order valence-corrected chi connectivity index (χ2v) is 4.36. The van der Waals surface area contributed by atoms with Crippen LogP contribution in [0.1, 0.15) is 32.3 Å². The summed E-state index contributed by atoms with van der Waals surface area (Å²) < 4.78 is 0. The minimum absolute atomic E-state index is 0.300. The van der Waals surface area contributed by atoms with Gasteiger partial charge in [-0.05, 0) is 18.4 Å². The van der Waals surface area contributed by atoms with Gasteiger partial charge in [-0.1, -0.05) is 44.2 Å². The SMILES string of the molecule is CC(C)C#CCC(O)CCc1ccccc1. The first kappa shape index (κ1) is 12.8. The summed E-state index contributed by atoms with van der Waals surface area (Å²) >= 11 is 0. The Morgan fingerprint density at radius 1 is 1.19 bits per heavy atom. The Hall–Kier alpha value is -1.26. The van der Waals surface area contributed by atoms with Crippen LogP contribution in [-0.4, -0.2) is 11.2 Å². The predicted molar refractivity (Wildman–Crippen MR) is 68.0 cm³/mol. The molecule has 0 aromatic heterocycles. The van der Waals surface area contributed by atoms with Gasteiger partial charge in [0.05, 0.1) is 6.10 Å². The van der Waals surface area contributed by atoms with Crippen molar-refractivity contribution >= 4 is 0 Å². The smallest absolute Gasteiger partial charge is 0.0652 e. The number of aliphatic hydroxyl groups is 1. The Morgan fingerprint density at radius 3 is 2.50 bits per heavy atom. The molecule has 1 N–H and O–H groups in total. The Kier molecular flexibility index (Phi) is 5.67. The Bertz CT molecular complexity index is 343. The van der Waals surface area contributed by atoms with Gasteiger partial charge in [0.15, 0.2) is 0 Å². The molecule has 1 heteroatoms. The summed E-state index contributed by atoms with van der Waals surface area (Å²) in [7, 11) is 0. The van der Waals surface area contributed by atoms with E-state index in [9.17, 15) is 5.11 Å². The maximum absolute atomic E-state index is 9.72. The molecule has 1 aromatic carbocycles. The summed E-state index contributed by atoms with van der Waals surface area (Å²) in [5.41, 5.74) is 1.28. The van der Waals surface area contributed by atoms with Crippen molar-refractivity contribution in [2.45, 2.75) is 39.2 Å². The summed E-state index contributed by atoms with van der Waals surface area (Å²) in [6.45, 7) is 4.12. The number of benzene rings is 1. The summed E-state index contributed by atoms with van der Waals surface area (Å²) in [5.74, 6) is 6.48. The van der Waals surface area contributed by atoms with Crippen LogP contribution in [0.2, 0.25) is 0 Å². The molecule has 16 heavy (non-hydrogen) atoms. The van der Waals surface area contributed by atoms with E-state index in [0.717, 1.165) is 12.8 Å². The fraction of sp³-hybridized carbons (Fsp3) is 0.467. The molecule has 1 aromatic rings. The maximum Gasteiger partial charge on any atom is 0.0652 e. The van der Waals surface area contributed by atoms with Crippen molar-refractivity contribution in [3.8, 4) is 11.8 Å². The van der Waals surface area contributed by atoms with Crippen molar-refractivity contribution in [2.75, 3.05) is 0 Å². The van der Waals surface area contributed by atoms with Crippen LogP contribution in [0, 0.1) is 17.8 Å². The monoisotopic (exact) mass is 216 g/mol. The highest BCUT2D eigenvalue weighted by Gasteiger charge is 2.02. The van der Waals surface area contributed by atoms with E-state index in [-0.39, 0.29) is 6.10 Å². The molecule has 0 bridgehead atoms. The van der Waals surface area contributed by atoms with Gasteiger partial charge in [0.1, 0.15) is 0 Å². The van der Waals surface area contributed by atoms with Crippen molar-refractivity contribution in [1.29, 1.82) is 0 Å². The van der Waals surface area contributed by atoms with Gasteiger partial charge < -0.3 is 5.11 Å². The van der Waals surface area contributed by atoms with Crippen LogP contribution in [0.15, 0.2) is 30.3 Å². The maximum atomic E-state index is 9.72. The van der Waals surface area contributed by atoms with Crippen LogP contribution in [0.4, 0.5) is 0 Å². The van der Waals surface area contributed by atoms with Crippen molar-refractivity contribution in [3.05, 3.63) is 35.9 Å². The van der Waals surface area contributed by atoms with Crippen molar-refractivity contribution in [1.82, 2.24) is 0 Å². The largest absolute Gasteiger partial charge is 0.392 e. The molecule has 0 amide bonds. The zero-order valence-electron chi connectivity index (χ0n) is 10.1. The predicted octanol–water partition coefficient (Wildman–Crippen LogP) is 3.03. The number of aryl methyl sites for hydroxylation is 1. The molecule has 0 aliphatic rings. The highest BCUT2D eigenvalue weighted by atomic mass is 16.3. The zero-order chi connectivity index (χ0) is 11.8. The highest BCUT2D eigenvalue weighted by Crippen LogP contribution is 2.06. The van der Waals surface area contributed by atoms with Gasteiger partial charge in [0.25, 0.3) is 0 Å². The Labute approximate surface area is 98.5 Å². The lowest BCUT2D eigenvalue weighted by Crippen LogP contribution is -2.06. The molecular weight excluding hydrogens is 196 g/mol. The molecule has 0 heterocycles. The number of aliphatic hydroxyl groups excluding tert-OH is 1. The van der Waals surface area contributed by atoms with E-state index < -0.39 is 0 Å². The van der Waals surface area contributed by atoms with E-state index in [1.54, 1.807) is 0 Å². The number of rotatable bonds is 4. The molecule has 0 spiro atoms. The van der Waals surface area contributed by atoms with E-state index in [2.05, 4.69) is 37.8 Å². The van der Waals surface area contributed by atoms with Gasteiger partial charge in [0, 0.05) is 12.3 Å². The molecule has 86 valence electrons. The zero-order valence-corrected chi connectivity index (χ0v) is 10.1. The van der Waals surface area contributed by atoms with Crippen molar-refractivity contribution in [2.24, 2.45) is 5.92 Å². The van der Waals surface area contributed by atoms with Gasteiger partial charge in [-0.3, -0.25) is 0 Å². The van der Waals surface area contributed by atoms with E-state index in [1.165, 1.54) is 5.56 Å². The number of hydrogen-bond acceptors (Lipinski definition) is 1. The van der Waals surface area contributed by atoms with E-state index in [0.29, 0.717) is 12.3 Å². The topological polar surface area (TPSA) is 20.2 Å². The molecule has 1 rings (SSSR count). The fourth-order valence-corrected chi connectivity index (χ4v) is 1.46. The highest BCUT2D eigenvalue weighted by molar-refractivity contribution is 5.14. The first-order chi connectivity index (χ1) is 7.68. The molecule has 0 saturated heterocycles. The van der Waals surface area contributed by atoms with Crippen molar-refractivity contribution in [3.63, 3.8) is 0 Å². The van der Waals surface area contributed by atoms with Crippen LogP contribution < -0.4 is 0 Å².